The summed E-state index contributed by atoms with van der Waals surface area (Å²) in [5, 5.41) is 9.88. The van der Waals surface area contributed by atoms with Crippen molar-refractivity contribution in [3.63, 3.8) is 0 Å². The van der Waals surface area contributed by atoms with Crippen molar-refractivity contribution in [2.75, 3.05) is 27.3 Å². The van der Waals surface area contributed by atoms with Gasteiger partial charge in [-0.2, -0.15) is 13.2 Å². The number of alkyl halides is 3. The van der Waals surface area contributed by atoms with Gasteiger partial charge >= 0.3 is 12.1 Å². The normalized spacial score (nSPS) is 23.3. The Hall–Kier alpha value is -2.62. The third-order valence-electron chi connectivity index (χ3n) is 7.84. The molecule has 1 saturated heterocycles. The molecule has 9 heteroatoms. The summed E-state index contributed by atoms with van der Waals surface area (Å²) in [7, 11) is 2.44. The van der Waals surface area contributed by atoms with E-state index in [-0.39, 0.29) is 30.0 Å². The van der Waals surface area contributed by atoms with E-state index in [1.54, 1.807) is 13.2 Å². The average molecular weight is 536 g/mol. The van der Waals surface area contributed by atoms with E-state index in [1.807, 2.05) is 12.1 Å². The summed E-state index contributed by atoms with van der Waals surface area (Å²) < 4.78 is 59.8. The second-order valence-electron chi connectivity index (χ2n) is 10.6. The van der Waals surface area contributed by atoms with Crippen LogP contribution in [0.4, 0.5) is 13.2 Å². The lowest BCUT2D eigenvalue weighted by Gasteiger charge is -2.48. The quantitative estimate of drug-likeness (QED) is 0.471. The van der Waals surface area contributed by atoms with Gasteiger partial charge in [-0.3, -0.25) is 4.90 Å². The second-order valence-corrected chi connectivity index (χ2v) is 10.6. The predicted molar refractivity (Wildman–Crippen MR) is 136 cm³/mol. The SMILES string of the molecule is COc1cc2c(cc1CO)[C@@H]1C[C@H](OC(=O)C(OC)(c3ccccc3)C(F)(F)F)[C@H](CC(C)C)CN1CC2. The standard InChI is InChI=1S/C29H36F3NO5/c1-18(2)12-20-16-33-11-10-19-14-25(36-3)21(17-34)13-23(19)24(33)15-26(20)38-27(35)28(37-4,29(30,31)32)22-8-6-5-7-9-22/h5-9,13-14,18,20,24,26,34H,10-12,15-17H2,1-4H3/t20-,24+,26+,28?/m1/s1. The Morgan fingerprint density at radius 3 is 2.45 bits per heavy atom. The highest BCUT2D eigenvalue weighted by Crippen LogP contribution is 2.46. The Bertz CT molecular complexity index is 1120. The summed E-state index contributed by atoms with van der Waals surface area (Å²) in [6, 6.07) is 10.6. The Labute approximate surface area is 221 Å². The van der Waals surface area contributed by atoms with Crippen LogP contribution in [0.25, 0.3) is 0 Å². The summed E-state index contributed by atoms with van der Waals surface area (Å²) in [6.45, 7) is 5.28. The van der Waals surface area contributed by atoms with Crippen molar-refractivity contribution in [2.24, 2.45) is 11.8 Å². The zero-order valence-electron chi connectivity index (χ0n) is 22.3. The monoisotopic (exact) mass is 535 g/mol. The van der Waals surface area contributed by atoms with Gasteiger partial charge in [-0.1, -0.05) is 44.2 Å². The average Bonchev–Trinajstić information content (AvgIpc) is 2.88. The third-order valence-corrected chi connectivity index (χ3v) is 7.84. The van der Waals surface area contributed by atoms with Gasteiger partial charge < -0.3 is 19.3 Å². The number of hydrogen-bond acceptors (Lipinski definition) is 6. The first kappa shape index (κ1) is 28.4. The molecule has 0 aliphatic carbocycles. The first-order valence-electron chi connectivity index (χ1n) is 13.0. The van der Waals surface area contributed by atoms with Crippen molar-refractivity contribution in [1.82, 2.24) is 4.90 Å². The number of hydrogen-bond donors (Lipinski definition) is 1. The van der Waals surface area contributed by atoms with Gasteiger partial charge in [0.15, 0.2) is 0 Å². The van der Waals surface area contributed by atoms with Crippen molar-refractivity contribution in [3.8, 4) is 5.75 Å². The van der Waals surface area contributed by atoms with Crippen molar-refractivity contribution >= 4 is 5.97 Å². The molecule has 2 heterocycles. The zero-order chi connectivity index (χ0) is 27.7. The highest BCUT2D eigenvalue weighted by Gasteiger charge is 2.64. The molecule has 0 bridgehead atoms. The Morgan fingerprint density at radius 2 is 1.87 bits per heavy atom. The number of carbonyl (C=O) groups excluding carboxylic acids is 1. The molecule has 0 aromatic heterocycles. The topological polar surface area (TPSA) is 68.2 Å². The van der Waals surface area contributed by atoms with Gasteiger partial charge in [-0.25, -0.2) is 4.79 Å². The van der Waals surface area contributed by atoms with Crippen molar-refractivity contribution in [2.45, 2.75) is 63.6 Å². The molecule has 38 heavy (non-hydrogen) atoms. The largest absolute Gasteiger partial charge is 0.496 e. The maximum Gasteiger partial charge on any atom is 0.432 e. The van der Waals surface area contributed by atoms with Gasteiger partial charge in [-0.05, 0) is 42.0 Å². The number of fused-ring (bicyclic) bond motifs is 3. The van der Waals surface area contributed by atoms with E-state index in [0.29, 0.717) is 30.7 Å². The van der Waals surface area contributed by atoms with Crippen molar-refractivity contribution in [1.29, 1.82) is 0 Å². The molecule has 2 aromatic carbocycles. The van der Waals surface area contributed by atoms with E-state index in [4.69, 9.17) is 14.2 Å². The number of aliphatic hydroxyl groups excluding tert-OH is 1. The van der Waals surface area contributed by atoms with Crippen LogP contribution >= 0.6 is 0 Å². The van der Waals surface area contributed by atoms with E-state index in [9.17, 15) is 23.1 Å². The van der Waals surface area contributed by atoms with Gasteiger partial charge in [0, 0.05) is 49.7 Å². The summed E-state index contributed by atoms with van der Waals surface area (Å²) in [6.07, 6.45) is -3.92. The molecule has 1 unspecified atom stereocenters. The van der Waals surface area contributed by atoms with E-state index in [1.165, 1.54) is 24.3 Å². The first-order chi connectivity index (χ1) is 18.0. The molecule has 2 aliphatic rings. The number of halogens is 3. The fourth-order valence-corrected chi connectivity index (χ4v) is 6.05. The Morgan fingerprint density at radius 1 is 1.16 bits per heavy atom. The van der Waals surface area contributed by atoms with Crippen LogP contribution in [0.2, 0.25) is 0 Å². The lowest BCUT2D eigenvalue weighted by Crippen LogP contribution is -2.55. The molecule has 2 aromatic rings. The minimum Gasteiger partial charge on any atom is -0.496 e. The van der Waals surface area contributed by atoms with Crippen LogP contribution in [0.1, 0.15) is 55.0 Å². The number of carbonyl (C=O) groups is 1. The van der Waals surface area contributed by atoms with E-state index in [0.717, 1.165) is 31.2 Å². The highest BCUT2D eigenvalue weighted by molar-refractivity contribution is 5.83. The summed E-state index contributed by atoms with van der Waals surface area (Å²) in [4.78, 5) is 15.8. The highest BCUT2D eigenvalue weighted by atomic mass is 19.4. The van der Waals surface area contributed by atoms with Crippen LogP contribution in [-0.4, -0.2) is 55.6 Å². The number of rotatable bonds is 8. The van der Waals surface area contributed by atoms with Crippen LogP contribution < -0.4 is 4.74 Å². The van der Waals surface area contributed by atoms with Crippen LogP contribution in [0, 0.1) is 11.8 Å². The number of methoxy groups -OCH3 is 2. The van der Waals surface area contributed by atoms with Gasteiger partial charge in [0.05, 0.1) is 13.7 Å². The molecule has 6 nitrogen and oxygen atoms in total. The van der Waals surface area contributed by atoms with Crippen LogP contribution in [0.3, 0.4) is 0 Å². The molecule has 2 aliphatic heterocycles. The maximum atomic E-state index is 14.5. The van der Waals surface area contributed by atoms with Crippen LogP contribution in [-0.2, 0) is 32.9 Å². The summed E-state index contributed by atoms with van der Waals surface area (Å²) in [5.41, 5.74) is -0.845. The molecule has 4 rings (SSSR count). The molecular formula is C29H36F3NO5. The number of esters is 1. The molecule has 0 spiro atoms. The number of ether oxygens (including phenoxy) is 3. The number of benzene rings is 2. The van der Waals surface area contributed by atoms with Gasteiger partial charge in [-0.15, -0.1) is 0 Å². The molecule has 0 amide bonds. The smallest absolute Gasteiger partial charge is 0.432 e. The van der Waals surface area contributed by atoms with Gasteiger partial charge in [0.2, 0.25) is 0 Å². The van der Waals surface area contributed by atoms with Gasteiger partial charge in [0.1, 0.15) is 11.9 Å². The van der Waals surface area contributed by atoms with Crippen molar-refractivity contribution in [3.05, 3.63) is 64.7 Å². The number of piperidine rings is 1. The second kappa shape index (κ2) is 11.2. The van der Waals surface area contributed by atoms with E-state index >= 15 is 0 Å². The lowest BCUT2D eigenvalue weighted by molar-refractivity contribution is -0.280. The van der Waals surface area contributed by atoms with E-state index in [2.05, 4.69) is 18.7 Å². The Balaban J connectivity index is 1.70. The number of nitrogens with zero attached hydrogens (tertiary/aromatic N) is 1. The summed E-state index contributed by atoms with van der Waals surface area (Å²) >= 11 is 0. The van der Waals surface area contributed by atoms with Crippen LogP contribution in [0.15, 0.2) is 42.5 Å². The molecular weight excluding hydrogens is 499 g/mol. The zero-order valence-corrected chi connectivity index (χ0v) is 22.3. The maximum absolute atomic E-state index is 14.5. The molecule has 4 atom stereocenters. The van der Waals surface area contributed by atoms with E-state index < -0.39 is 23.9 Å². The molecule has 1 fully saturated rings. The number of aliphatic hydroxyl groups is 1. The minimum atomic E-state index is -5.03. The van der Waals surface area contributed by atoms with Gasteiger partial charge in [0.25, 0.3) is 5.60 Å². The molecule has 0 radical (unpaired) electrons. The lowest BCUT2D eigenvalue weighted by atomic mass is 9.78. The molecule has 1 N–H and O–H groups in total. The fraction of sp³-hybridized carbons (Fsp3) is 0.552. The third kappa shape index (κ3) is 5.16. The molecule has 208 valence electrons. The fourth-order valence-electron chi connectivity index (χ4n) is 6.05. The Kier molecular flexibility index (Phi) is 8.40. The first-order valence-corrected chi connectivity index (χ1v) is 13.0. The summed E-state index contributed by atoms with van der Waals surface area (Å²) in [5.74, 6) is -0.711. The van der Waals surface area contributed by atoms with Crippen LogP contribution in [0.5, 0.6) is 5.75 Å². The molecule has 0 saturated carbocycles. The van der Waals surface area contributed by atoms with Crippen molar-refractivity contribution < 1.29 is 37.3 Å². The predicted octanol–water partition coefficient (Wildman–Crippen LogP) is 5.17. The minimum absolute atomic E-state index is 0.133.